The van der Waals surface area contributed by atoms with Crippen LogP contribution in [-0.4, -0.2) is 4.98 Å². The van der Waals surface area contributed by atoms with Gasteiger partial charge in [0.1, 0.15) is 5.82 Å². The molecular weight excluding hydrogens is 271 g/mol. The molecule has 0 spiro atoms. The van der Waals surface area contributed by atoms with Crippen molar-refractivity contribution in [2.45, 2.75) is 6.54 Å². The predicted molar refractivity (Wildman–Crippen MR) is 65.7 cm³/mol. The third-order valence-electron chi connectivity index (χ3n) is 2.19. The highest BCUT2D eigenvalue weighted by Gasteiger charge is 2.02. The number of anilines is 1. The van der Waals surface area contributed by atoms with Crippen LogP contribution in [0.5, 0.6) is 0 Å². The first-order valence-electron chi connectivity index (χ1n) is 4.84. The maximum absolute atomic E-state index is 13.3. The van der Waals surface area contributed by atoms with Gasteiger partial charge in [-0.15, -0.1) is 0 Å². The van der Waals surface area contributed by atoms with E-state index in [0.29, 0.717) is 12.2 Å². The smallest absolute Gasteiger partial charge is 0.146 e. The van der Waals surface area contributed by atoms with Gasteiger partial charge in [-0.1, -0.05) is 28.1 Å². The Balaban J connectivity index is 2.09. The van der Waals surface area contributed by atoms with E-state index < -0.39 is 0 Å². The lowest BCUT2D eigenvalue weighted by Gasteiger charge is -2.08. The number of hydrogen-bond donors (Lipinski definition) is 1. The SMILES string of the molecule is Fc1ccccc1NCc1cnccc1Br. The second-order valence-electron chi connectivity index (χ2n) is 3.30. The van der Waals surface area contributed by atoms with E-state index in [-0.39, 0.29) is 5.82 Å². The van der Waals surface area contributed by atoms with Crippen molar-refractivity contribution >= 4 is 21.6 Å². The predicted octanol–water partition coefficient (Wildman–Crippen LogP) is 3.60. The summed E-state index contributed by atoms with van der Waals surface area (Å²) in [5, 5.41) is 3.03. The second-order valence-corrected chi connectivity index (χ2v) is 4.15. The molecular formula is C12H10BrFN2. The molecule has 0 aliphatic rings. The number of halogens is 2. The minimum absolute atomic E-state index is 0.248. The molecule has 0 atom stereocenters. The molecule has 0 bridgehead atoms. The van der Waals surface area contributed by atoms with E-state index in [1.807, 2.05) is 6.07 Å². The molecule has 0 amide bonds. The number of aromatic nitrogens is 1. The average molecular weight is 281 g/mol. The molecule has 1 heterocycles. The largest absolute Gasteiger partial charge is 0.379 e. The molecule has 1 aromatic heterocycles. The van der Waals surface area contributed by atoms with Crippen molar-refractivity contribution in [1.29, 1.82) is 0 Å². The summed E-state index contributed by atoms with van der Waals surface area (Å²) < 4.78 is 14.3. The van der Waals surface area contributed by atoms with Gasteiger partial charge in [-0.2, -0.15) is 0 Å². The average Bonchev–Trinajstić information content (AvgIpc) is 2.30. The van der Waals surface area contributed by atoms with Crippen molar-refractivity contribution in [3.63, 3.8) is 0 Å². The van der Waals surface area contributed by atoms with Gasteiger partial charge in [0.15, 0.2) is 0 Å². The Morgan fingerprint density at radius 1 is 1.25 bits per heavy atom. The first-order valence-corrected chi connectivity index (χ1v) is 5.63. The molecule has 82 valence electrons. The van der Waals surface area contributed by atoms with Gasteiger partial charge in [0, 0.05) is 29.0 Å². The van der Waals surface area contributed by atoms with Gasteiger partial charge in [0.2, 0.25) is 0 Å². The van der Waals surface area contributed by atoms with Crippen LogP contribution in [0.25, 0.3) is 0 Å². The summed E-state index contributed by atoms with van der Waals surface area (Å²) in [6.45, 7) is 0.537. The number of nitrogens with zero attached hydrogens (tertiary/aromatic N) is 1. The summed E-state index contributed by atoms with van der Waals surface area (Å²) in [6, 6.07) is 8.46. The minimum Gasteiger partial charge on any atom is -0.379 e. The van der Waals surface area contributed by atoms with Gasteiger partial charge in [0.05, 0.1) is 5.69 Å². The Labute approximate surface area is 102 Å². The fourth-order valence-electron chi connectivity index (χ4n) is 1.34. The molecule has 0 unspecified atom stereocenters. The van der Waals surface area contributed by atoms with Crippen molar-refractivity contribution < 1.29 is 4.39 Å². The molecule has 0 saturated heterocycles. The van der Waals surface area contributed by atoms with E-state index in [9.17, 15) is 4.39 Å². The zero-order chi connectivity index (χ0) is 11.4. The summed E-state index contributed by atoms with van der Waals surface area (Å²) in [5.41, 5.74) is 1.49. The monoisotopic (exact) mass is 280 g/mol. The van der Waals surface area contributed by atoms with E-state index in [1.54, 1.807) is 30.6 Å². The Bertz CT molecular complexity index is 442. The number of hydrogen-bond acceptors (Lipinski definition) is 2. The van der Waals surface area contributed by atoms with Crippen molar-refractivity contribution in [1.82, 2.24) is 4.98 Å². The van der Waals surface area contributed by atoms with Crippen LogP contribution in [0, 0.1) is 5.82 Å². The topological polar surface area (TPSA) is 24.9 Å². The molecule has 2 rings (SSSR count). The zero-order valence-corrected chi connectivity index (χ0v) is 10.0. The van der Waals surface area contributed by atoms with E-state index in [2.05, 4.69) is 26.2 Å². The fraction of sp³-hybridized carbons (Fsp3) is 0.0833. The van der Waals surface area contributed by atoms with E-state index in [4.69, 9.17) is 0 Å². The first-order chi connectivity index (χ1) is 7.77. The van der Waals surface area contributed by atoms with Crippen LogP contribution in [0.4, 0.5) is 10.1 Å². The van der Waals surface area contributed by atoms with E-state index >= 15 is 0 Å². The van der Waals surface area contributed by atoms with Crippen molar-refractivity contribution in [2.75, 3.05) is 5.32 Å². The number of pyridine rings is 1. The lowest BCUT2D eigenvalue weighted by molar-refractivity contribution is 0.630. The summed E-state index contributed by atoms with van der Waals surface area (Å²) in [7, 11) is 0. The number of nitrogens with one attached hydrogen (secondary N) is 1. The normalized spacial score (nSPS) is 10.1. The zero-order valence-electron chi connectivity index (χ0n) is 8.45. The van der Waals surface area contributed by atoms with Crippen LogP contribution in [-0.2, 0) is 6.54 Å². The molecule has 0 radical (unpaired) electrons. The maximum Gasteiger partial charge on any atom is 0.146 e. The Kier molecular flexibility index (Phi) is 3.51. The number of para-hydroxylation sites is 1. The molecule has 0 fully saturated rings. The van der Waals surface area contributed by atoms with E-state index in [0.717, 1.165) is 10.0 Å². The Hall–Kier alpha value is -1.42. The van der Waals surface area contributed by atoms with E-state index in [1.165, 1.54) is 6.07 Å². The van der Waals surface area contributed by atoms with Crippen LogP contribution in [0.15, 0.2) is 47.2 Å². The minimum atomic E-state index is -0.248. The molecule has 0 aliphatic carbocycles. The Morgan fingerprint density at radius 3 is 2.81 bits per heavy atom. The molecule has 16 heavy (non-hydrogen) atoms. The Morgan fingerprint density at radius 2 is 2.06 bits per heavy atom. The molecule has 4 heteroatoms. The standard InChI is InChI=1S/C12H10BrFN2/c13-10-5-6-15-7-9(10)8-16-12-4-2-1-3-11(12)14/h1-7,16H,8H2. The fourth-order valence-corrected chi connectivity index (χ4v) is 1.70. The maximum atomic E-state index is 13.3. The summed E-state index contributed by atoms with van der Waals surface area (Å²) in [5.74, 6) is -0.248. The quantitative estimate of drug-likeness (QED) is 0.929. The molecule has 2 nitrogen and oxygen atoms in total. The molecule has 1 N–H and O–H groups in total. The van der Waals surface area contributed by atoms with Crippen LogP contribution in [0.3, 0.4) is 0 Å². The molecule has 1 aromatic carbocycles. The summed E-state index contributed by atoms with van der Waals surface area (Å²) >= 11 is 3.41. The second kappa shape index (κ2) is 5.07. The first kappa shape index (κ1) is 11.1. The van der Waals surface area contributed by atoms with Gasteiger partial charge in [0.25, 0.3) is 0 Å². The van der Waals surface area contributed by atoms with Crippen molar-refractivity contribution in [3.8, 4) is 0 Å². The van der Waals surface area contributed by atoms with Gasteiger partial charge in [-0.05, 0) is 18.2 Å². The van der Waals surface area contributed by atoms with Gasteiger partial charge in [-0.25, -0.2) is 4.39 Å². The van der Waals surface area contributed by atoms with Crippen molar-refractivity contribution in [2.24, 2.45) is 0 Å². The molecule has 0 aliphatic heterocycles. The highest BCUT2D eigenvalue weighted by atomic mass is 79.9. The third-order valence-corrected chi connectivity index (χ3v) is 2.96. The van der Waals surface area contributed by atoms with Crippen LogP contribution >= 0.6 is 15.9 Å². The van der Waals surface area contributed by atoms with Crippen LogP contribution in [0.2, 0.25) is 0 Å². The highest BCUT2D eigenvalue weighted by Crippen LogP contribution is 2.18. The highest BCUT2D eigenvalue weighted by molar-refractivity contribution is 9.10. The van der Waals surface area contributed by atoms with Gasteiger partial charge in [-0.3, -0.25) is 4.98 Å². The molecule has 0 saturated carbocycles. The summed E-state index contributed by atoms with van der Waals surface area (Å²) in [4.78, 5) is 4.02. The van der Waals surface area contributed by atoms with Gasteiger partial charge >= 0.3 is 0 Å². The van der Waals surface area contributed by atoms with Gasteiger partial charge < -0.3 is 5.32 Å². The van der Waals surface area contributed by atoms with Crippen molar-refractivity contribution in [3.05, 3.63) is 58.6 Å². The lowest BCUT2D eigenvalue weighted by Crippen LogP contribution is -2.02. The third kappa shape index (κ3) is 2.58. The van der Waals surface area contributed by atoms with Crippen LogP contribution < -0.4 is 5.32 Å². The van der Waals surface area contributed by atoms with Crippen LogP contribution in [0.1, 0.15) is 5.56 Å². The number of benzene rings is 1. The molecule has 2 aromatic rings. The lowest BCUT2D eigenvalue weighted by atomic mass is 10.2. The number of rotatable bonds is 3. The summed E-state index contributed by atoms with van der Waals surface area (Å²) in [6.07, 6.45) is 3.45.